The van der Waals surface area contributed by atoms with Gasteiger partial charge >= 0.3 is 0 Å². The van der Waals surface area contributed by atoms with E-state index in [9.17, 15) is 97.5 Å². The maximum absolute atomic E-state index is 13.3. The fraction of sp³-hybridized carbons (Fsp3) is 0.273. The third-order valence-corrected chi connectivity index (χ3v) is 22.6. The van der Waals surface area contributed by atoms with E-state index in [0.717, 1.165) is 101 Å². The molecule has 0 amide bonds. The summed E-state index contributed by atoms with van der Waals surface area (Å²) < 4.78 is 78.9. The van der Waals surface area contributed by atoms with Crippen LogP contribution in [0.1, 0.15) is 56.4 Å². The van der Waals surface area contributed by atoms with Crippen LogP contribution >= 0.6 is 22.3 Å². The fourth-order valence-corrected chi connectivity index (χ4v) is 16.1. The van der Waals surface area contributed by atoms with Gasteiger partial charge in [0.15, 0.2) is 0 Å². The Labute approximate surface area is 832 Å². The quantitative estimate of drug-likeness (QED) is 0.00715. The number of aromatic amines is 1. The molecule has 41 nitrogen and oxygen atoms in total. The summed E-state index contributed by atoms with van der Waals surface area (Å²) in [4.78, 5) is 100.0. The molecular formula is C99H100Cl2N18O23S2. The normalized spacial score (nSPS) is 11.1. The Hall–Kier alpha value is -15.6. The van der Waals surface area contributed by atoms with E-state index < -0.39 is 61.1 Å². The van der Waals surface area contributed by atoms with Crippen LogP contribution in [0.2, 0.25) is 0 Å². The zero-order valence-electron chi connectivity index (χ0n) is 78.8. The molecule has 0 saturated heterocycles. The summed E-state index contributed by atoms with van der Waals surface area (Å²) in [5.74, 6) is 0.500. The van der Waals surface area contributed by atoms with Gasteiger partial charge in [-0.15, -0.1) is 11.6 Å². The maximum Gasteiger partial charge on any atom is 0.273 e. The number of alkyl halides is 1. The Morgan fingerprint density at radius 3 is 1.00 bits per heavy atom. The van der Waals surface area contributed by atoms with Crippen LogP contribution in [0.15, 0.2) is 238 Å². The fourth-order valence-electron chi connectivity index (χ4n) is 15.7. The van der Waals surface area contributed by atoms with Gasteiger partial charge in [0.05, 0.1) is 166 Å². The minimum absolute atomic E-state index is 0.00240. The second kappa shape index (κ2) is 52.8. The van der Waals surface area contributed by atoms with Crippen molar-refractivity contribution >= 4 is 152 Å². The van der Waals surface area contributed by atoms with Gasteiger partial charge in [0, 0.05) is 141 Å². The highest BCUT2D eigenvalue weighted by atomic mass is 35.7. The molecule has 0 radical (unpaired) electrons. The van der Waals surface area contributed by atoms with Crippen molar-refractivity contribution in [1.82, 2.24) is 47.2 Å². The lowest BCUT2D eigenvalue weighted by Gasteiger charge is -2.19. The number of hydrogen-bond donors (Lipinski definition) is 4. The zero-order valence-corrected chi connectivity index (χ0v) is 82.0. The van der Waals surface area contributed by atoms with Crippen LogP contribution in [0.25, 0.3) is 110 Å². The monoisotopic (exact) mass is 2040 g/mol. The van der Waals surface area contributed by atoms with Crippen LogP contribution in [-0.2, 0) is 61.9 Å². The second-order valence-corrected chi connectivity index (χ2v) is 36.2. The lowest BCUT2D eigenvalue weighted by molar-refractivity contribution is -0.385. The van der Waals surface area contributed by atoms with Crippen molar-refractivity contribution < 1.29 is 69.9 Å². The van der Waals surface area contributed by atoms with E-state index in [1.165, 1.54) is 127 Å². The van der Waals surface area contributed by atoms with Gasteiger partial charge in [-0.05, 0) is 130 Å². The number of ether oxygens (including phenoxy) is 4. The van der Waals surface area contributed by atoms with Gasteiger partial charge in [0.2, 0.25) is 9.05 Å². The van der Waals surface area contributed by atoms with Crippen molar-refractivity contribution in [3.63, 3.8) is 0 Å². The summed E-state index contributed by atoms with van der Waals surface area (Å²) in [5.41, 5.74) is 7.83. The Morgan fingerprint density at radius 1 is 0.396 bits per heavy atom. The molecule has 0 fully saturated rings. The number of benzene rings is 8. The predicted molar refractivity (Wildman–Crippen MR) is 548 cm³/mol. The summed E-state index contributed by atoms with van der Waals surface area (Å²) >= 11 is 5.23. The molecule has 0 spiro atoms. The van der Waals surface area contributed by atoms with Crippen LogP contribution in [0.3, 0.4) is 0 Å². The van der Waals surface area contributed by atoms with Gasteiger partial charge in [0.25, 0.3) is 55.1 Å². The number of hydrogen-bond acceptors (Lipinski definition) is 29. The van der Waals surface area contributed by atoms with E-state index in [1.54, 1.807) is 12.1 Å². The van der Waals surface area contributed by atoms with Crippen LogP contribution in [0, 0.1) is 85.8 Å². The molecule has 8 aromatic carbocycles. The number of aliphatic hydroxyl groups is 2. The SMILES string of the molecule is CCCN(CC)CCOCCn1c2ccccc2c2c1cc(C#N)c(=O)n2-c1ccc([N+](=O)[O-])cc1.CCNCC.CS(=O)(=O)Cl.CS(=O)(=O)OCCOCCn1c2ccccc2c2c1cc(C#N)c(=O)n2-c1ccc([N+](=O)[O-])cc1.N#Cc1cc2[nH]c3ccccc3c2n(-c2ccc([N+](=O)[O-])cc2)c1=O.N#Cc1cc2c(c3ccccc3n2CCOCCO)n(-c2ccc([N+](=O)[O-])cc2)c1=O.OCCOCCCl. The number of halogens is 2. The van der Waals surface area contributed by atoms with Crippen LogP contribution in [0.4, 0.5) is 22.7 Å². The molecular weight excluding hydrogens is 1940 g/mol. The molecule has 144 heavy (non-hydrogen) atoms. The molecule has 0 aliphatic carbocycles. The van der Waals surface area contributed by atoms with Crippen LogP contribution in [-0.4, -0.2) is 212 Å². The van der Waals surface area contributed by atoms with E-state index in [0.29, 0.717) is 120 Å². The summed E-state index contributed by atoms with van der Waals surface area (Å²) in [5, 5.41) is 106. The van der Waals surface area contributed by atoms with Crippen LogP contribution < -0.4 is 27.6 Å². The van der Waals surface area contributed by atoms with Gasteiger partial charge < -0.3 is 58.1 Å². The van der Waals surface area contributed by atoms with Gasteiger partial charge in [-0.25, -0.2) is 8.42 Å². The molecule has 0 atom stereocenters. The number of non-ortho nitro benzene ring substituents is 4. The van der Waals surface area contributed by atoms with Crippen LogP contribution in [0.5, 0.6) is 0 Å². The van der Waals surface area contributed by atoms with E-state index in [4.69, 9.17) is 40.8 Å². The van der Waals surface area contributed by atoms with Gasteiger partial charge in [-0.2, -0.15) is 29.5 Å². The molecule has 45 heteroatoms. The molecule has 8 heterocycles. The molecule has 8 aromatic heterocycles. The third-order valence-electron chi connectivity index (χ3n) is 21.8. The predicted octanol–water partition coefficient (Wildman–Crippen LogP) is 14.2. The van der Waals surface area contributed by atoms with Crippen molar-refractivity contribution in [3.8, 4) is 47.0 Å². The van der Waals surface area contributed by atoms with E-state index in [2.05, 4.69) is 62.3 Å². The molecule has 0 saturated carbocycles. The van der Waals surface area contributed by atoms with Crippen molar-refractivity contribution in [2.45, 2.75) is 53.8 Å². The zero-order chi connectivity index (χ0) is 104. The first kappa shape index (κ1) is 110. The molecule has 16 aromatic rings. The number of nitrogens with one attached hydrogen (secondary N) is 2. The molecule has 0 unspecified atom stereocenters. The summed E-state index contributed by atoms with van der Waals surface area (Å²) in [6.07, 6.45) is 2.99. The highest BCUT2D eigenvalue weighted by Crippen LogP contribution is 2.36. The number of fused-ring (bicyclic) bond motifs is 12. The number of nitro groups is 4. The third kappa shape index (κ3) is 27.8. The summed E-state index contributed by atoms with van der Waals surface area (Å²) in [7, 11) is -2.24. The van der Waals surface area contributed by atoms with Crippen molar-refractivity contribution in [2.24, 2.45) is 0 Å². The van der Waals surface area contributed by atoms with E-state index >= 15 is 0 Å². The average Bonchev–Trinajstić information content (AvgIpc) is 1.57. The number of aliphatic hydroxyl groups excluding tert-OH is 2. The Balaban J connectivity index is 0.000000187. The number of nitriles is 4. The number of aromatic nitrogens is 8. The molecule has 750 valence electrons. The van der Waals surface area contributed by atoms with Gasteiger partial charge in [0.1, 0.15) is 46.5 Å². The Kier molecular flexibility index (Phi) is 40.5. The van der Waals surface area contributed by atoms with Crippen molar-refractivity contribution in [2.75, 3.05) is 124 Å². The second-order valence-electron chi connectivity index (χ2n) is 31.2. The summed E-state index contributed by atoms with van der Waals surface area (Å²) in [6, 6.07) is 66.9. The van der Waals surface area contributed by atoms with Gasteiger partial charge in [-0.3, -0.25) is 82.1 Å². The standard InChI is InChI=1S/C27H29N5O4.C23H20N4O7S.C22H18N4O5.C18H10N4O3.C4H9ClO2.C4H11N.CH3ClO2S/c1-3-13-29(4-2)14-16-36-17-15-30-24-8-6-5-7-23(24)26-25(30)18-20(19-28)27(33)31(26)21-9-11-22(12-10-21)32(34)35;1-35(31,32)34-13-12-33-11-10-25-20-5-3-2-4-19(20)22-21(25)14-16(15-24)23(28)26(22)17-6-8-18(9-7-17)27(29)30;23-14-15-13-20-21(25(22(15)28)16-5-7-17(8-6-16)26(29)30)18-3-1-2-4-19(18)24(20)9-11-31-12-10-27;19-10-11-9-16-17(14-3-1-2-4-15(14)20-16)21(18(11)23)12-5-7-13(8-6-12)22(24)25;5-1-3-7-4-2-6;1-3-5-4-2;1-5(2,3)4/h5-12,18H,3-4,13-17H2,1-2H3;2-9,14H,10-13H2,1H3;1-8,13,27H,9-12H2;1-9,20H;6H,1-4H2;5H,3-4H2,1-2H3;1H3. The topological polar surface area (TPSA) is 556 Å². The first-order valence-corrected chi connectivity index (χ1v) is 49.8. The van der Waals surface area contributed by atoms with Crippen molar-refractivity contribution in [3.05, 3.63) is 323 Å². The minimum atomic E-state index is -3.55. The molecule has 4 N–H and O–H groups in total. The molecule has 16 rings (SSSR count). The van der Waals surface area contributed by atoms with E-state index in [1.807, 2.05) is 130 Å². The number of nitro benzene ring substituents is 4. The smallest absolute Gasteiger partial charge is 0.273 e. The Bertz CT molecular complexity index is 7990. The number of para-hydroxylation sites is 4. The molecule has 0 bridgehead atoms. The van der Waals surface area contributed by atoms with E-state index in [-0.39, 0.29) is 84.6 Å². The number of rotatable bonds is 35. The highest BCUT2D eigenvalue weighted by molar-refractivity contribution is 8.13. The largest absolute Gasteiger partial charge is 0.394 e. The number of nitrogens with zero attached hydrogens (tertiary/aromatic N) is 16. The lowest BCUT2D eigenvalue weighted by Crippen LogP contribution is -2.28. The number of H-pyrrole nitrogens is 1. The first-order chi connectivity index (χ1) is 69.2. The highest BCUT2D eigenvalue weighted by Gasteiger charge is 2.26. The molecule has 0 aliphatic rings. The van der Waals surface area contributed by atoms with Gasteiger partial charge in [-0.1, -0.05) is 100 Å². The number of likely N-dealkylation sites (N-methyl/N-ethyl adjacent to an activating group) is 1. The Morgan fingerprint density at radius 2 is 0.701 bits per heavy atom. The summed E-state index contributed by atoms with van der Waals surface area (Å²) in [6.45, 7) is 17.7. The lowest BCUT2D eigenvalue weighted by atomic mass is 10.2. The van der Waals surface area contributed by atoms with Crippen molar-refractivity contribution in [1.29, 1.82) is 21.0 Å². The maximum atomic E-state index is 13.3. The first-order valence-electron chi connectivity index (χ1n) is 44.7. The molecule has 0 aliphatic heterocycles. The minimum Gasteiger partial charge on any atom is -0.394 e. The average molecular weight is 2050 g/mol. The number of pyridine rings is 4.